The number of halogens is 2. The van der Waals surface area contributed by atoms with E-state index < -0.39 is 23.2 Å². The second-order valence-electron chi connectivity index (χ2n) is 5.82. The second-order valence-corrected chi connectivity index (χ2v) is 5.82. The lowest BCUT2D eigenvalue weighted by Gasteiger charge is -2.23. The maximum atomic E-state index is 13.6. The van der Waals surface area contributed by atoms with Crippen LogP contribution in [0.4, 0.5) is 20.3 Å². The molecule has 1 amide bonds. The standard InChI is InChI=1S/C17H18F2N4O/c18-12-7-4-8-13(19)16(12)23-17(24)14-9-15(21-10-20-14)22-11-5-2-1-3-6-11/h4,7-11H,1-3,5-6H2,(H,23,24)(H,20,21,22). The zero-order valence-corrected chi connectivity index (χ0v) is 13.1. The topological polar surface area (TPSA) is 66.9 Å². The van der Waals surface area contributed by atoms with Crippen molar-refractivity contribution in [1.82, 2.24) is 9.97 Å². The predicted octanol–water partition coefficient (Wildman–Crippen LogP) is 3.75. The highest BCUT2D eigenvalue weighted by Crippen LogP contribution is 2.22. The Bertz CT molecular complexity index is 712. The molecule has 0 saturated heterocycles. The summed E-state index contributed by atoms with van der Waals surface area (Å²) < 4.78 is 27.2. The molecule has 1 aliphatic rings. The van der Waals surface area contributed by atoms with Crippen LogP contribution in [0.15, 0.2) is 30.6 Å². The number of carbonyl (C=O) groups excluding carboxylic acids is 1. The van der Waals surface area contributed by atoms with E-state index >= 15 is 0 Å². The first-order chi connectivity index (χ1) is 11.6. The van der Waals surface area contributed by atoms with E-state index in [-0.39, 0.29) is 5.69 Å². The van der Waals surface area contributed by atoms with E-state index in [0.717, 1.165) is 25.0 Å². The molecule has 1 aromatic carbocycles. The van der Waals surface area contributed by atoms with Gasteiger partial charge in [0.25, 0.3) is 5.91 Å². The highest BCUT2D eigenvalue weighted by molar-refractivity contribution is 6.03. The molecule has 1 saturated carbocycles. The Hall–Kier alpha value is -2.57. The molecule has 0 unspecified atom stereocenters. The van der Waals surface area contributed by atoms with Gasteiger partial charge >= 0.3 is 0 Å². The van der Waals surface area contributed by atoms with Crippen molar-refractivity contribution in [3.8, 4) is 0 Å². The van der Waals surface area contributed by atoms with Crippen molar-refractivity contribution in [2.45, 2.75) is 38.1 Å². The molecular formula is C17H18F2N4O. The van der Waals surface area contributed by atoms with Gasteiger partial charge in [-0.15, -0.1) is 0 Å². The SMILES string of the molecule is O=C(Nc1c(F)cccc1F)c1cc(NC2CCCCC2)ncn1. The van der Waals surface area contributed by atoms with Gasteiger partial charge in [-0.05, 0) is 25.0 Å². The lowest BCUT2D eigenvalue weighted by atomic mass is 9.95. The Balaban J connectivity index is 1.72. The summed E-state index contributed by atoms with van der Waals surface area (Å²) in [4.78, 5) is 20.2. The number of hydrogen-bond donors (Lipinski definition) is 2. The van der Waals surface area contributed by atoms with Crippen LogP contribution in [-0.4, -0.2) is 21.9 Å². The molecule has 2 N–H and O–H groups in total. The molecule has 0 bridgehead atoms. The first-order valence-electron chi connectivity index (χ1n) is 7.97. The van der Waals surface area contributed by atoms with Crippen LogP contribution in [0.25, 0.3) is 0 Å². The van der Waals surface area contributed by atoms with Gasteiger partial charge in [-0.1, -0.05) is 25.3 Å². The van der Waals surface area contributed by atoms with Gasteiger partial charge in [0.1, 0.15) is 35.2 Å². The molecule has 2 aromatic rings. The van der Waals surface area contributed by atoms with Gasteiger partial charge < -0.3 is 10.6 Å². The quantitative estimate of drug-likeness (QED) is 0.895. The number of anilines is 2. The van der Waals surface area contributed by atoms with Crippen LogP contribution in [0.1, 0.15) is 42.6 Å². The summed E-state index contributed by atoms with van der Waals surface area (Å²) in [7, 11) is 0. The van der Waals surface area contributed by atoms with E-state index in [4.69, 9.17) is 0 Å². The minimum absolute atomic E-state index is 0.0472. The molecule has 1 aromatic heterocycles. The van der Waals surface area contributed by atoms with Gasteiger partial charge in [-0.2, -0.15) is 0 Å². The van der Waals surface area contributed by atoms with Crippen molar-refractivity contribution in [3.05, 3.63) is 47.9 Å². The van der Waals surface area contributed by atoms with Gasteiger partial charge in [0, 0.05) is 12.1 Å². The molecule has 24 heavy (non-hydrogen) atoms. The average molecular weight is 332 g/mol. The fraction of sp³-hybridized carbons (Fsp3) is 0.353. The highest BCUT2D eigenvalue weighted by Gasteiger charge is 2.17. The highest BCUT2D eigenvalue weighted by atomic mass is 19.1. The number of aromatic nitrogens is 2. The van der Waals surface area contributed by atoms with Gasteiger partial charge in [-0.3, -0.25) is 4.79 Å². The zero-order chi connectivity index (χ0) is 16.9. The summed E-state index contributed by atoms with van der Waals surface area (Å²) in [6.45, 7) is 0. The summed E-state index contributed by atoms with van der Waals surface area (Å²) >= 11 is 0. The van der Waals surface area contributed by atoms with Crippen molar-refractivity contribution < 1.29 is 13.6 Å². The van der Waals surface area contributed by atoms with Crippen LogP contribution in [0.5, 0.6) is 0 Å². The summed E-state index contributed by atoms with van der Waals surface area (Å²) in [6, 6.07) is 5.21. The molecule has 0 aliphatic heterocycles. The molecule has 0 atom stereocenters. The third-order valence-electron chi connectivity index (χ3n) is 4.06. The number of carbonyl (C=O) groups is 1. The van der Waals surface area contributed by atoms with Gasteiger partial charge in [0.05, 0.1) is 0 Å². The fourth-order valence-electron chi connectivity index (χ4n) is 2.81. The number of hydrogen-bond acceptors (Lipinski definition) is 4. The maximum absolute atomic E-state index is 13.6. The summed E-state index contributed by atoms with van der Waals surface area (Å²) in [5.74, 6) is -1.82. The number of nitrogens with zero attached hydrogens (tertiary/aromatic N) is 2. The molecule has 1 fully saturated rings. The average Bonchev–Trinajstić information content (AvgIpc) is 2.59. The molecule has 0 radical (unpaired) electrons. The molecule has 5 nitrogen and oxygen atoms in total. The monoisotopic (exact) mass is 332 g/mol. The van der Waals surface area contributed by atoms with E-state index in [9.17, 15) is 13.6 Å². The largest absolute Gasteiger partial charge is 0.367 e. The minimum Gasteiger partial charge on any atom is -0.367 e. The molecule has 126 valence electrons. The first kappa shape index (κ1) is 16.3. The van der Waals surface area contributed by atoms with Crippen molar-refractivity contribution in [2.24, 2.45) is 0 Å². The second kappa shape index (κ2) is 7.33. The summed E-state index contributed by atoms with van der Waals surface area (Å²) in [5, 5.41) is 5.50. The normalized spacial score (nSPS) is 15.1. The van der Waals surface area contributed by atoms with Crippen molar-refractivity contribution in [2.75, 3.05) is 10.6 Å². The minimum atomic E-state index is -0.835. The molecule has 0 spiro atoms. The number of para-hydroxylation sites is 1. The molecule has 3 rings (SSSR count). The number of amides is 1. The Morgan fingerprint density at radius 3 is 2.50 bits per heavy atom. The van der Waals surface area contributed by atoms with Crippen molar-refractivity contribution in [3.63, 3.8) is 0 Å². The van der Waals surface area contributed by atoms with Crippen LogP contribution in [0.3, 0.4) is 0 Å². The van der Waals surface area contributed by atoms with Gasteiger partial charge in [0.15, 0.2) is 0 Å². The number of rotatable bonds is 4. The van der Waals surface area contributed by atoms with Crippen LogP contribution >= 0.6 is 0 Å². The van der Waals surface area contributed by atoms with E-state index in [1.54, 1.807) is 0 Å². The van der Waals surface area contributed by atoms with Crippen LogP contribution < -0.4 is 10.6 Å². The maximum Gasteiger partial charge on any atom is 0.274 e. The third kappa shape index (κ3) is 3.84. The summed E-state index contributed by atoms with van der Waals surface area (Å²) in [5.41, 5.74) is -0.436. The lowest BCUT2D eigenvalue weighted by Crippen LogP contribution is -2.23. The Morgan fingerprint density at radius 1 is 1.08 bits per heavy atom. The molecule has 1 heterocycles. The number of nitrogens with one attached hydrogen (secondary N) is 2. The first-order valence-corrected chi connectivity index (χ1v) is 7.97. The van der Waals surface area contributed by atoms with Gasteiger partial charge in [0.2, 0.25) is 0 Å². The lowest BCUT2D eigenvalue weighted by molar-refractivity contribution is 0.102. The Labute approximate surface area is 138 Å². The van der Waals surface area contributed by atoms with Crippen molar-refractivity contribution in [1.29, 1.82) is 0 Å². The molecular weight excluding hydrogens is 314 g/mol. The Morgan fingerprint density at radius 2 is 1.79 bits per heavy atom. The van der Waals surface area contributed by atoms with E-state index in [1.807, 2.05) is 0 Å². The fourth-order valence-corrected chi connectivity index (χ4v) is 2.81. The summed E-state index contributed by atoms with van der Waals surface area (Å²) in [6.07, 6.45) is 6.96. The van der Waals surface area contributed by atoms with Crippen molar-refractivity contribution >= 4 is 17.4 Å². The Kier molecular flexibility index (Phi) is 4.98. The zero-order valence-electron chi connectivity index (χ0n) is 13.1. The van der Waals surface area contributed by atoms with Crippen LogP contribution in [0, 0.1) is 11.6 Å². The smallest absolute Gasteiger partial charge is 0.274 e. The van der Waals surface area contributed by atoms with Crippen LogP contribution in [-0.2, 0) is 0 Å². The molecule has 1 aliphatic carbocycles. The number of benzene rings is 1. The van der Waals surface area contributed by atoms with E-state index in [1.165, 1.54) is 37.7 Å². The van der Waals surface area contributed by atoms with Gasteiger partial charge in [-0.25, -0.2) is 18.7 Å². The third-order valence-corrected chi connectivity index (χ3v) is 4.06. The van der Waals surface area contributed by atoms with E-state index in [2.05, 4.69) is 20.6 Å². The van der Waals surface area contributed by atoms with Crippen LogP contribution in [0.2, 0.25) is 0 Å². The predicted molar refractivity (Wildman–Crippen MR) is 86.8 cm³/mol. The van der Waals surface area contributed by atoms with E-state index in [0.29, 0.717) is 11.9 Å². The molecule has 7 heteroatoms.